The van der Waals surface area contributed by atoms with Gasteiger partial charge in [0.05, 0.1) is 16.5 Å². The molecule has 4 aromatic heterocycles. The Bertz CT molecular complexity index is 1780. The second-order valence-electron chi connectivity index (χ2n) is 10.3. The maximum Gasteiger partial charge on any atom is 0.254 e. The Morgan fingerprint density at radius 2 is 1.82 bits per heavy atom. The summed E-state index contributed by atoms with van der Waals surface area (Å²) < 4.78 is 2.19. The molecule has 2 aliphatic rings. The van der Waals surface area contributed by atoms with Crippen molar-refractivity contribution in [2.45, 2.75) is 43.2 Å². The fraction of sp³-hybridized carbons (Fsp3) is 0.241. The summed E-state index contributed by atoms with van der Waals surface area (Å²) in [6.45, 7) is 0. The highest BCUT2D eigenvalue weighted by Gasteiger charge is 2.57. The van der Waals surface area contributed by atoms with Crippen molar-refractivity contribution in [1.82, 2.24) is 34.8 Å². The number of rotatable bonds is 4. The lowest BCUT2D eigenvalue weighted by molar-refractivity contribution is 0.0900. The van der Waals surface area contributed by atoms with E-state index in [1.807, 2.05) is 30.5 Å². The number of amides is 1. The Kier molecular flexibility index (Phi) is 4.76. The molecule has 3 N–H and O–H groups in total. The molecule has 1 amide bonds. The molecule has 4 heterocycles. The van der Waals surface area contributed by atoms with Gasteiger partial charge in [0, 0.05) is 46.2 Å². The number of nitrogen functional groups attached to an aromatic ring is 1. The summed E-state index contributed by atoms with van der Waals surface area (Å²) in [5, 5.41) is 5.05. The molecule has 9 nitrogen and oxygen atoms in total. The van der Waals surface area contributed by atoms with Gasteiger partial charge in [-0.15, -0.1) is 6.42 Å². The molecule has 5 aromatic rings. The van der Waals surface area contributed by atoms with Gasteiger partial charge < -0.3 is 15.6 Å². The Hall–Kier alpha value is -4.84. The SMILES string of the molecule is C#Cc1c(-c2cnc3ccccc3c2)c2c(N)ncnc2n1C12CCC(NC(=O)c3cncnc3)(CC1)C2. The molecule has 0 spiro atoms. The fourth-order valence-corrected chi connectivity index (χ4v) is 6.60. The number of terminal acetylenes is 1. The summed E-state index contributed by atoms with van der Waals surface area (Å²) in [4.78, 5) is 34.7. The van der Waals surface area contributed by atoms with Crippen LogP contribution in [0.5, 0.6) is 0 Å². The summed E-state index contributed by atoms with van der Waals surface area (Å²) in [7, 11) is 0. The van der Waals surface area contributed by atoms with E-state index in [0.29, 0.717) is 22.7 Å². The van der Waals surface area contributed by atoms with Crippen molar-refractivity contribution in [3.05, 3.63) is 72.8 Å². The number of anilines is 1. The number of carbonyl (C=O) groups excluding carboxylic acids is 1. The van der Waals surface area contributed by atoms with Crippen molar-refractivity contribution in [1.29, 1.82) is 0 Å². The van der Waals surface area contributed by atoms with Crippen LogP contribution in [0.3, 0.4) is 0 Å². The molecule has 0 saturated heterocycles. The standard InChI is InChI=1S/C29H24N8O/c1-2-22-23(19-11-18-5-3-4-6-21(18)33-14-19)24-25(30)34-17-35-26(24)37(22)29-9-7-28(15-29,8-10-29)36-27(38)20-12-31-16-32-13-20/h1,3-6,11-14,16-17H,7-10,15H2,(H,36,38)(H2,30,34,35). The Morgan fingerprint density at radius 1 is 1.03 bits per heavy atom. The first-order chi connectivity index (χ1) is 18.5. The average Bonchev–Trinajstić information content (AvgIpc) is 3.62. The summed E-state index contributed by atoms with van der Waals surface area (Å²) in [5.41, 5.74) is 10.3. The van der Waals surface area contributed by atoms with Gasteiger partial charge in [-0.3, -0.25) is 9.78 Å². The van der Waals surface area contributed by atoms with Gasteiger partial charge in [0.25, 0.3) is 5.91 Å². The summed E-state index contributed by atoms with van der Waals surface area (Å²) in [6.07, 6.45) is 18.2. The van der Waals surface area contributed by atoms with Crippen LogP contribution in [0.15, 0.2) is 61.6 Å². The number of aromatic nitrogens is 6. The first-order valence-corrected chi connectivity index (χ1v) is 12.6. The van der Waals surface area contributed by atoms with Gasteiger partial charge in [-0.25, -0.2) is 19.9 Å². The highest BCUT2D eigenvalue weighted by molar-refractivity contribution is 6.04. The highest BCUT2D eigenvalue weighted by atomic mass is 16.1. The molecule has 2 aliphatic carbocycles. The molecule has 0 unspecified atom stereocenters. The highest BCUT2D eigenvalue weighted by Crippen LogP contribution is 2.57. The summed E-state index contributed by atoms with van der Waals surface area (Å²) in [5.74, 6) is 3.19. The summed E-state index contributed by atoms with van der Waals surface area (Å²) >= 11 is 0. The number of hydrogen-bond donors (Lipinski definition) is 2. The van der Waals surface area contributed by atoms with E-state index in [2.05, 4.69) is 41.8 Å². The second kappa shape index (κ2) is 8.08. The van der Waals surface area contributed by atoms with E-state index in [1.54, 1.807) is 0 Å². The number of carbonyl (C=O) groups is 1. The van der Waals surface area contributed by atoms with Gasteiger partial charge in [0.2, 0.25) is 0 Å². The zero-order valence-electron chi connectivity index (χ0n) is 20.6. The van der Waals surface area contributed by atoms with E-state index in [1.165, 1.54) is 25.0 Å². The zero-order chi connectivity index (χ0) is 25.9. The number of fused-ring (bicyclic) bond motifs is 4. The molecule has 2 fully saturated rings. The molecular weight excluding hydrogens is 476 g/mol. The minimum absolute atomic E-state index is 0.160. The van der Waals surface area contributed by atoms with Crippen LogP contribution in [0, 0.1) is 12.3 Å². The maximum absolute atomic E-state index is 13.0. The van der Waals surface area contributed by atoms with E-state index >= 15 is 0 Å². The number of para-hydroxylation sites is 1. The summed E-state index contributed by atoms with van der Waals surface area (Å²) in [6, 6.07) is 10.0. The van der Waals surface area contributed by atoms with Crippen LogP contribution in [0.2, 0.25) is 0 Å². The van der Waals surface area contributed by atoms with Crippen molar-refractivity contribution < 1.29 is 4.79 Å². The zero-order valence-corrected chi connectivity index (χ0v) is 20.6. The van der Waals surface area contributed by atoms with Gasteiger partial charge in [-0.05, 0) is 44.2 Å². The van der Waals surface area contributed by atoms with Crippen LogP contribution in [0.25, 0.3) is 33.1 Å². The lowest BCUT2D eigenvalue weighted by Crippen LogP contribution is -2.45. The van der Waals surface area contributed by atoms with Crippen molar-refractivity contribution in [3.63, 3.8) is 0 Å². The van der Waals surface area contributed by atoms with Gasteiger partial charge >= 0.3 is 0 Å². The Balaban J connectivity index is 1.37. The normalized spacial score (nSPS) is 22.1. The predicted molar refractivity (Wildman–Crippen MR) is 144 cm³/mol. The molecule has 0 aliphatic heterocycles. The third-order valence-corrected chi connectivity index (χ3v) is 8.28. The van der Waals surface area contributed by atoms with E-state index in [-0.39, 0.29) is 17.0 Å². The molecule has 0 atom stereocenters. The maximum atomic E-state index is 13.0. The number of hydrogen-bond acceptors (Lipinski definition) is 7. The topological polar surface area (TPSA) is 124 Å². The number of nitrogens with one attached hydrogen (secondary N) is 1. The van der Waals surface area contributed by atoms with Gasteiger partial charge in [0.1, 0.15) is 29.8 Å². The number of nitrogens with two attached hydrogens (primary N) is 1. The van der Waals surface area contributed by atoms with Crippen LogP contribution in [0.4, 0.5) is 5.82 Å². The van der Waals surface area contributed by atoms with Crippen LogP contribution < -0.4 is 11.1 Å². The third kappa shape index (κ3) is 3.20. The molecule has 186 valence electrons. The lowest BCUT2D eigenvalue weighted by atomic mass is 9.90. The van der Waals surface area contributed by atoms with Crippen molar-refractivity contribution >= 4 is 33.7 Å². The number of benzene rings is 1. The van der Waals surface area contributed by atoms with Crippen LogP contribution in [-0.2, 0) is 5.54 Å². The number of pyridine rings is 1. The van der Waals surface area contributed by atoms with E-state index in [9.17, 15) is 4.79 Å². The lowest BCUT2D eigenvalue weighted by Gasteiger charge is -2.30. The minimum Gasteiger partial charge on any atom is -0.383 e. The molecule has 2 bridgehead atoms. The molecule has 1 aromatic carbocycles. The van der Waals surface area contributed by atoms with Gasteiger partial charge in [-0.1, -0.05) is 24.1 Å². The van der Waals surface area contributed by atoms with E-state index in [0.717, 1.165) is 59.5 Å². The Morgan fingerprint density at radius 3 is 2.61 bits per heavy atom. The first kappa shape index (κ1) is 22.4. The quantitative estimate of drug-likeness (QED) is 0.359. The minimum atomic E-state index is -0.335. The predicted octanol–water partition coefficient (Wildman–Crippen LogP) is 3.84. The Labute approximate surface area is 218 Å². The van der Waals surface area contributed by atoms with Gasteiger partial charge in [-0.2, -0.15) is 0 Å². The molecular formula is C29H24N8O. The van der Waals surface area contributed by atoms with Crippen molar-refractivity contribution in [2.24, 2.45) is 0 Å². The monoisotopic (exact) mass is 500 g/mol. The molecule has 7 rings (SSSR count). The van der Waals surface area contributed by atoms with Crippen LogP contribution >= 0.6 is 0 Å². The van der Waals surface area contributed by atoms with Crippen LogP contribution in [-0.4, -0.2) is 40.9 Å². The first-order valence-electron chi connectivity index (χ1n) is 12.6. The molecule has 0 radical (unpaired) electrons. The van der Waals surface area contributed by atoms with Crippen LogP contribution in [0.1, 0.15) is 48.2 Å². The second-order valence-corrected chi connectivity index (χ2v) is 10.3. The fourth-order valence-electron chi connectivity index (χ4n) is 6.60. The smallest absolute Gasteiger partial charge is 0.254 e. The largest absolute Gasteiger partial charge is 0.383 e. The molecule has 9 heteroatoms. The molecule has 38 heavy (non-hydrogen) atoms. The average molecular weight is 501 g/mol. The number of nitrogens with zero attached hydrogens (tertiary/aromatic N) is 6. The van der Waals surface area contributed by atoms with Gasteiger partial charge in [0.15, 0.2) is 0 Å². The van der Waals surface area contributed by atoms with E-state index in [4.69, 9.17) is 17.1 Å². The van der Waals surface area contributed by atoms with Crippen molar-refractivity contribution in [2.75, 3.05) is 5.73 Å². The third-order valence-electron chi connectivity index (χ3n) is 8.28. The molecule has 2 saturated carbocycles. The van der Waals surface area contributed by atoms with E-state index < -0.39 is 0 Å². The van der Waals surface area contributed by atoms with Crippen molar-refractivity contribution in [3.8, 4) is 23.5 Å².